The average molecular weight is 287 g/mol. The van der Waals surface area contributed by atoms with Crippen LogP contribution in [0.4, 0.5) is 4.79 Å². The first-order valence-electron chi connectivity index (χ1n) is 7.89. The molecular weight excluding hydrogens is 262 g/mol. The highest BCUT2D eigenvalue weighted by atomic mass is 16.6. The number of rotatable bonds is 1. The molecule has 21 heavy (non-hydrogen) atoms. The Morgan fingerprint density at radius 3 is 2.43 bits per heavy atom. The van der Waals surface area contributed by atoms with Gasteiger partial charge in [0, 0.05) is 12.0 Å². The van der Waals surface area contributed by atoms with Crippen molar-refractivity contribution in [2.75, 3.05) is 6.54 Å². The third-order valence-electron chi connectivity index (χ3n) is 5.35. The maximum Gasteiger partial charge on any atom is 0.411 e. The number of benzene rings is 1. The number of amides is 1. The summed E-state index contributed by atoms with van der Waals surface area (Å²) in [7, 11) is 0. The van der Waals surface area contributed by atoms with Crippen molar-refractivity contribution in [2.24, 2.45) is 5.41 Å². The Bertz CT molecular complexity index is 548. The molecular formula is C18H25NO2. The number of carbonyl (C=O) groups is 1. The molecule has 2 saturated heterocycles. The van der Waals surface area contributed by atoms with Gasteiger partial charge in [0.2, 0.25) is 0 Å². The van der Waals surface area contributed by atoms with Crippen molar-refractivity contribution in [3.8, 4) is 0 Å². The van der Waals surface area contributed by atoms with Crippen molar-refractivity contribution in [2.45, 2.75) is 58.1 Å². The van der Waals surface area contributed by atoms with Gasteiger partial charge in [-0.3, -0.25) is 4.90 Å². The second-order valence-corrected chi connectivity index (χ2v) is 7.55. The van der Waals surface area contributed by atoms with Crippen LogP contribution in [0.2, 0.25) is 0 Å². The third-order valence-corrected chi connectivity index (χ3v) is 5.35. The van der Waals surface area contributed by atoms with Gasteiger partial charge in [-0.05, 0) is 31.7 Å². The quantitative estimate of drug-likeness (QED) is 0.769. The van der Waals surface area contributed by atoms with Gasteiger partial charge >= 0.3 is 6.09 Å². The molecule has 2 atom stereocenters. The van der Waals surface area contributed by atoms with E-state index < -0.39 is 5.60 Å². The van der Waals surface area contributed by atoms with E-state index in [4.69, 9.17) is 4.74 Å². The predicted molar refractivity (Wildman–Crippen MR) is 83.0 cm³/mol. The molecule has 1 amide bonds. The summed E-state index contributed by atoms with van der Waals surface area (Å²) in [5.41, 5.74) is 0.0590. The molecule has 2 heterocycles. The second kappa shape index (κ2) is 4.49. The number of hydrogen-bond donors (Lipinski definition) is 0. The van der Waals surface area contributed by atoms with Gasteiger partial charge in [-0.2, -0.15) is 0 Å². The van der Waals surface area contributed by atoms with Gasteiger partial charge in [-0.25, -0.2) is 4.79 Å². The highest BCUT2D eigenvalue weighted by molar-refractivity contribution is 5.74. The zero-order chi connectivity index (χ0) is 15.3. The summed E-state index contributed by atoms with van der Waals surface area (Å²) < 4.78 is 6.14. The van der Waals surface area contributed by atoms with Crippen molar-refractivity contribution in [3.63, 3.8) is 0 Å². The zero-order valence-electron chi connectivity index (χ0n) is 13.5. The topological polar surface area (TPSA) is 29.5 Å². The van der Waals surface area contributed by atoms with Crippen molar-refractivity contribution in [1.82, 2.24) is 4.90 Å². The maximum atomic E-state index is 12.6. The first-order chi connectivity index (χ1) is 9.83. The van der Waals surface area contributed by atoms with E-state index in [2.05, 4.69) is 39.8 Å². The lowest BCUT2D eigenvalue weighted by molar-refractivity contribution is -0.107. The van der Waals surface area contributed by atoms with Gasteiger partial charge < -0.3 is 4.74 Å². The Balaban J connectivity index is 2.24. The minimum Gasteiger partial charge on any atom is -0.435 e. The fraction of sp³-hybridized carbons (Fsp3) is 0.611. The van der Waals surface area contributed by atoms with E-state index in [1.807, 2.05) is 23.1 Å². The lowest BCUT2D eigenvalue weighted by Crippen LogP contribution is -2.61. The highest BCUT2D eigenvalue weighted by Gasteiger charge is 2.68. The molecule has 0 radical (unpaired) electrons. The van der Waals surface area contributed by atoms with E-state index in [9.17, 15) is 4.79 Å². The summed E-state index contributed by atoms with van der Waals surface area (Å²) in [6.07, 6.45) is 3.05. The van der Waals surface area contributed by atoms with Crippen molar-refractivity contribution in [1.29, 1.82) is 0 Å². The van der Waals surface area contributed by atoms with Crippen LogP contribution in [0.5, 0.6) is 0 Å². The van der Waals surface area contributed by atoms with E-state index in [-0.39, 0.29) is 17.0 Å². The Hall–Kier alpha value is -1.51. The summed E-state index contributed by atoms with van der Waals surface area (Å²) in [5, 5.41) is 0. The maximum absolute atomic E-state index is 12.6. The molecule has 2 aliphatic heterocycles. The van der Waals surface area contributed by atoms with E-state index >= 15 is 0 Å². The zero-order valence-corrected chi connectivity index (χ0v) is 13.5. The van der Waals surface area contributed by atoms with E-state index in [0.29, 0.717) is 0 Å². The number of nitrogens with zero attached hydrogens (tertiary/aromatic N) is 1. The molecule has 3 heteroatoms. The number of carbonyl (C=O) groups excluding carboxylic acids is 1. The van der Waals surface area contributed by atoms with Crippen LogP contribution in [0.3, 0.4) is 0 Å². The minimum atomic E-state index is -0.598. The molecule has 0 spiro atoms. The molecule has 0 bridgehead atoms. The standard InChI is InChI=1S/C18H25NO2/c1-16(2,3)18(14-10-6-5-7-11-14)17(4)12-8-9-13-19(17)15(20)21-18/h5-7,10-11H,8-9,12-13H2,1-4H3/t17-,18+/m0/s1. The Labute approximate surface area is 127 Å². The molecule has 0 saturated carbocycles. The van der Waals surface area contributed by atoms with Crippen LogP contribution >= 0.6 is 0 Å². The van der Waals surface area contributed by atoms with Gasteiger partial charge in [-0.1, -0.05) is 51.1 Å². The molecule has 1 aromatic rings. The Morgan fingerprint density at radius 1 is 1.14 bits per heavy atom. The molecule has 0 unspecified atom stereocenters. The summed E-state index contributed by atoms with van der Waals surface area (Å²) >= 11 is 0. The highest BCUT2D eigenvalue weighted by Crippen LogP contribution is 2.59. The molecule has 0 N–H and O–H groups in total. The van der Waals surface area contributed by atoms with Crippen LogP contribution in [0, 0.1) is 5.41 Å². The SMILES string of the molecule is CC(C)(C)[C@@]1(c2ccccc2)OC(=O)N2CCCC[C@]21C. The fourth-order valence-electron chi connectivity index (χ4n) is 4.51. The van der Waals surface area contributed by atoms with Crippen LogP contribution in [0.1, 0.15) is 52.5 Å². The van der Waals surface area contributed by atoms with Crippen molar-refractivity contribution in [3.05, 3.63) is 35.9 Å². The Kier molecular flexibility index (Phi) is 3.09. The lowest BCUT2D eigenvalue weighted by Gasteiger charge is -2.52. The van der Waals surface area contributed by atoms with Gasteiger partial charge in [0.1, 0.15) is 0 Å². The average Bonchev–Trinajstić information content (AvgIpc) is 2.68. The largest absolute Gasteiger partial charge is 0.435 e. The molecule has 0 aromatic heterocycles. The number of hydrogen-bond acceptors (Lipinski definition) is 2. The van der Waals surface area contributed by atoms with Crippen LogP contribution in [-0.2, 0) is 10.3 Å². The minimum absolute atomic E-state index is 0.157. The molecule has 0 aliphatic carbocycles. The summed E-state index contributed by atoms with van der Waals surface area (Å²) in [4.78, 5) is 14.5. The fourth-order valence-corrected chi connectivity index (χ4v) is 4.51. The number of cyclic esters (lactones) is 1. The monoisotopic (exact) mass is 287 g/mol. The van der Waals surface area contributed by atoms with Gasteiger partial charge in [0.05, 0.1) is 5.54 Å². The predicted octanol–water partition coefficient (Wildman–Crippen LogP) is 4.32. The number of ether oxygens (including phenoxy) is 1. The summed E-state index contributed by atoms with van der Waals surface area (Å²) in [6, 6.07) is 10.3. The summed E-state index contributed by atoms with van der Waals surface area (Å²) in [5.74, 6) is 0. The molecule has 3 rings (SSSR count). The van der Waals surface area contributed by atoms with Crippen LogP contribution in [0.15, 0.2) is 30.3 Å². The van der Waals surface area contributed by atoms with Crippen LogP contribution < -0.4 is 0 Å². The third kappa shape index (κ3) is 1.76. The van der Waals surface area contributed by atoms with Crippen LogP contribution in [-0.4, -0.2) is 23.1 Å². The van der Waals surface area contributed by atoms with Crippen molar-refractivity contribution >= 4 is 6.09 Å². The van der Waals surface area contributed by atoms with Gasteiger partial charge in [0.15, 0.2) is 5.60 Å². The smallest absolute Gasteiger partial charge is 0.411 e. The van der Waals surface area contributed by atoms with Crippen LogP contribution in [0.25, 0.3) is 0 Å². The van der Waals surface area contributed by atoms with Crippen molar-refractivity contribution < 1.29 is 9.53 Å². The molecule has 2 aliphatic rings. The van der Waals surface area contributed by atoms with E-state index in [1.165, 1.54) is 0 Å². The molecule has 114 valence electrons. The first kappa shape index (κ1) is 14.4. The summed E-state index contributed by atoms with van der Waals surface area (Å²) in [6.45, 7) is 9.54. The van der Waals surface area contributed by atoms with Gasteiger partial charge in [0.25, 0.3) is 0 Å². The number of piperidine rings is 1. The Morgan fingerprint density at radius 2 is 1.81 bits per heavy atom. The molecule has 3 nitrogen and oxygen atoms in total. The second-order valence-electron chi connectivity index (χ2n) is 7.55. The van der Waals surface area contributed by atoms with E-state index in [1.54, 1.807) is 0 Å². The number of fused-ring (bicyclic) bond motifs is 1. The molecule has 1 aromatic carbocycles. The lowest BCUT2D eigenvalue weighted by atomic mass is 9.60. The van der Waals surface area contributed by atoms with Gasteiger partial charge in [-0.15, -0.1) is 0 Å². The normalized spacial score (nSPS) is 32.8. The first-order valence-corrected chi connectivity index (χ1v) is 7.89. The molecule has 2 fully saturated rings. The van der Waals surface area contributed by atoms with E-state index in [0.717, 1.165) is 31.4 Å².